The number of hydrogen-bond acceptors (Lipinski definition) is 4. The standard InChI is InChI=1S/C17H33N3O/c1-6-19(7-2)10-9-11-20(8-3)14-16-12-15(4)17(21-16)13-18-5/h12,18H,6-11,13-14H2,1-5H3. The molecule has 0 radical (unpaired) electrons. The van der Waals surface area contributed by atoms with E-state index < -0.39 is 0 Å². The highest BCUT2D eigenvalue weighted by atomic mass is 16.3. The zero-order chi connectivity index (χ0) is 15.7. The van der Waals surface area contributed by atoms with Crippen molar-refractivity contribution in [2.45, 2.75) is 47.2 Å². The fourth-order valence-corrected chi connectivity index (χ4v) is 2.63. The lowest BCUT2D eigenvalue weighted by molar-refractivity contribution is 0.224. The van der Waals surface area contributed by atoms with E-state index in [1.165, 1.54) is 18.5 Å². The minimum atomic E-state index is 0.805. The molecule has 0 fully saturated rings. The molecule has 0 bridgehead atoms. The molecule has 1 aromatic rings. The summed E-state index contributed by atoms with van der Waals surface area (Å²) in [6.45, 7) is 16.2. The van der Waals surface area contributed by atoms with E-state index in [2.05, 4.69) is 48.9 Å². The molecule has 21 heavy (non-hydrogen) atoms. The lowest BCUT2D eigenvalue weighted by atomic mass is 10.2. The molecule has 0 amide bonds. The Bertz CT molecular complexity index is 385. The van der Waals surface area contributed by atoms with Crippen molar-refractivity contribution in [1.82, 2.24) is 15.1 Å². The monoisotopic (exact) mass is 295 g/mol. The highest BCUT2D eigenvalue weighted by Crippen LogP contribution is 2.16. The van der Waals surface area contributed by atoms with Crippen LogP contribution in [0.1, 0.15) is 44.3 Å². The van der Waals surface area contributed by atoms with Crippen LogP contribution in [-0.4, -0.2) is 49.6 Å². The van der Waals surface area contributed by atoms with Gasteiger partial charge in [0.25, 0.3) is 0 Å². The second-order valence-electron chi connectivity index (χ2n) is 5.60. The van der Waals surface area contributed by atoms with Crippen molar-refractivity contribution < 1.29 is 4.42 Å². The number of nitrogens with one attached hydrogen (secondary N) is 1. The van der Waals surface area contributed by atoms with Crippen molar-refractivity contribution in [1.29, 1.82) is 0 Å². The predicted octanol–water partition coefficient (Wildman–Crippen LogP) is 2.86. The number of furan rings is 1. The van der Waals surface area contributed by atoms with Crippen LogP contribution >= 0.6 is 0 Å². The van der Waals surface area contributed by atoms with Crippen molar-refractivity contribution in [3.63, 3.8) is 0 Å². The van der Waals surface area contributed by atoms with Crippen LogP contribution in [0.25, 0.3) is 0 Å². The normalized spacial score (nSPS) is 11.8. The first-order chi connectivity index (χ1) is 10.1. The van der Waals surface area contributed by atoms with Gasteiger partial charge in [-0.05, 0) is 64.7 Å². The fraction of sp³-hybridized carbons (Fsp3) is 0.765. The van der Waals surface area contributed by atoms with Gasteiger partial charge in [0.2, 0.25) is 0 Å². The molecule has 4 heteroatoms. The zero-order valence-electron chi connectivity index (χ0n) is 14.5. The SMILES string of the molecule is CCN(CC)CCCN(CC)Cc1cc(C)c(CNC)o1. The molecule has 1 aromatic heterocycles. The van der Waals surface area contributed by atoms with E-state index in [-0.39, 0.29) is 0 Å². The van der Waals surface area contributed by atoms with Gasteiger partial charge in [0.1, 0.15) is 11.5 Å². The van der Waals surface area contributed by atoms with Crippen molar-refractivity contribution in [3.05, 3.63) is 23.2 Å². The molecule has 4 nitrogen and oxygen atoms in total. The maximum absolute atomic E-state index is 5.94. The van der Waals surface area contributed by atoms with E-state index in [0.29, 0.717) is 0 Å². The van der Waals surface area contributed by atoms with Gasteiger partial charge in [-0.15, -0.1) is 0 Å². The van der Waals surface area contributed by atoms with Gasteiger partial charge in [0, 0.05) is 0 Å². The maximum Gasteiger partial charge on any atom is 0.120 e. The number of hydrogen-bond donors (Lipinski definition) is 1. The summed E-state index contributed by atoms with van der Waals surface area (Å²) >= 11 is 0. The largest absolute Gasteiger partial charge is 0.463 e. The lowest BCUT2D eigenvalue weighted by Crippen LogP contribution is -2.29. The van der Waals surface area contributed by atoms with Crippen molar-refractivity contribution >= 4 is 0 Å². The molecule has 0 aliphatic heterocycles. The highest BCUT2D eigenvalue weighted by molar-refractivity contribution is 5.19. The van der Waals surface area contributed by atoms with E-state index in [0.717, 1.165) is 50.8 Å². The Morgan fingerprint density at radius 1 is 1.05 bits per heavy atom. The second-order valence-corrected chi connectivity index (χ2v) is 5.60. The van der Waals surface area contributed by atoms with Crippen LogP contribution in [0.3, 0.4) is 0 Å². The Balaban J connectivity index is 2.44. The Labute approximate surface area is 130 Å². The maximum atomic E-state index is 5.94. The first-order valence-electron chi connectivity index (χ1n) is 8.31. The molecule has 1 heterocycles. The van der Waals surface area contributed by atoms with E-state index in [9.17, 15) is 0 Å². The molecule has 1 rings (SSSR count). The summed E-state index contributed by atoms with van der Waals surface area (Å²) in [5.74, 6) is 2.15. The van der Waals surface area contributed by atoms with E-state index in [1.807, 2.05) is 7.05 Å². The fourth-order valence-electron chi connectivity index (χ4n) is 2.63. The summed E-state index contributed by atoms with van der Waals surface area (Å²) < 4.78 is 5.94. The average Bonchev–Trinajstić information content (AvgIpc) is 2.82. The van der Waals surface area contributed by atoms with Gasteiger partial charge >= 0.3 is 0 Å². The average molecular weight is 295 g/mol. The smallest absolute Gasteiger partial charge is 0.120 e. The van der Waals surface area contributed by atoms with Crippen LogP contribution in [0.15, 0.2) is 10.5 Å². The molecule has 0 aromatic carbocycles. The van der Waals surface area contributed by atoms with Crippen molar-refractivity contribution in [3.8, 4) is 0 Å². The van der Waals surface area contributed by atoms with Crippen LogP contribution in [0.4, 0.5) is 0 Å². The summed E-state index contributed by atoms with van der Waals surface area (Å²) in [5.41, 5.74) is 1.25. The van der Waals surface area contributed by atoms with Crippen molar-refractivity contribution in [2.24, 2.45) is 0 Å². The van der Waals surface area contributed by atoms with Gasteiger partial charge in [0.15, 0.2) is 0 Å². The molecule has 122 valence electrons. The highest BCUT2D eigenvalue weighted by Gasteiger charge is 2.11. The first kappa shape index (κ1) is 18.2. The van der Waals surface area contributed by atoms with Crippen LogP contribution in [0, 0.1) is 6.92 Å². The van der Waals surface area contributed by atoms with Crippen LogP contribution in [0.5, 0.6) is 0 Å². The molecule has 0 aliphatic carbocycles. The van der Waals surface area contributed by atoms with E-state index in [4.69, 9.17) is 4.42 Å². The zero-order valence-corrected chi connectivity index (χ0v) is 14.5. The van der Waals surface area contributed by atoms with Gasteiger partial charge in [-0.1, -0.05) is 20.8 Å². The van der Waals surface area contributed by atoms with Gasteiger partial charge in [0.05, 0.1) is 13.1 Å². The van der Waals surface area contributed by atoms with Crippen LogP contribution < -0.4 is 5.32 Å². The summed E-state index contributed by atoms with van der Waals surface area (Å²) in [6, 6.07) is 2.18. The third-order valence-electron chi connectivity index (χ3n) is 4.08. The van der Waals surface area contributed by atoms with E-state index >= 15 is 0 Å². The van der Waals surface area contributed by atoms with Crippen LogP contribution in [0.2, 0.25) is 0 Å². The Hall–Kier alpha value is -0.840. The molecule has 0 unspecified atom stereocenters. The Morgan fingerprint density at radius 3 is 2.24 bits per heavy atom. The molecule has 1 N–H and O–H groups in total. The summed E-state index contributed by atoms with van der Waals surface area (Å²) in [6.07, 6.45) is 1.22. The predicted molar refractivity (Wildman–Crippen MR) is 89.6 cm³/mol. The molecule has 0 saturated carbocycles. The topological polar surface area (TPSA) is 31.6 Å². The molecule has 0 saturated heterocycles. The molecule has 0 spiro atoms. The van der Waals surface area contributed by atoms with Gasteiger partial charge in [-0.3, -0.25) is 4.90 Å². The number of rotatable bonds is 11. The second kappa shape index (κ2) is 9.98. The summed E-state index contributed by atoms with van der Waals surface area (Å²) in [7, 11) is 1.95. The Kier molecular flexibility index (Phi) is 8.66. The minimum Gasteiger partial charge on any atom is -0.463 e. The third-order valence-corrected chi connectivity index (χ3v) is 4.08. The van der Waals surface area contributed by atoms with Gasteiger partial charge in [-0.2, -0.15) is 0 Å². The van der Waals surface area contributed by atoms with Gasteiger partial charge < -0.3 is 14.6 Å². The third kappa shape index (κ3) is 6.20. The minimum absolute atomic E-state index is 0.805. The molecule has 0 atom stereocenters. The molecule has 0 aliphatic rings. The molecular formula is C17H33N3O. The number of nitrogens with zero attached hydrogens (tertiary/aromatic N) is 2. The van der Waals surface area contributed by atoms with E-state index in [1.54, 1.807) is 0 Å². The molecular weight excluding hydrogens is 262 g/mol. The summed E-state index contributed by atoms with van der Waals surface area (Å²) in [4.78, 5) is 4.95. The number of aryl methyl sites for hydroxylation is 1. The Morgan fingerprint density at radius 2 is 1.67 bits per heavy atom. The van der Waals surface area contributed by atoms with Crippen LogP contribution in [-0.2, 0) is 13.1 Å². The first-order valence-corrected chi connectivity index (χ1v) is 8.31. The van der Waals surface area contributed by atoms with Gasteiger partial charge in [-0.25, -0.2) is 0 Å². The lowest BCUT2D eigenvalue weighted by Gasteiger charge is -2.22. The summed E-state index contributed by atoms with van der Waals surface area (Å²) in [5, 5.41) is 3.15. The quantitative estimate of drug-likeness (QED) is 0.680. The van der Waals surface area contributed by atoms with Crippen molar-refractivity contribution in [2.75, 3.05) is 39.8 Å².